The van der Waals surface area contributed by atoms with Crippen molar-refractivity contribution >= 4 is 5.97 Å². The van der Waals surface area contributed by atoms with Gasteiger partial charge < -0.3 is 23.7 Å². The summed E-state index contributed by atoms with van der Waals surface area (Å²) in [6, 6.07) is 1.68. The zero-order valence-electron chi connectivity index (χ0n) is 10.4. The van der Waals surface area contributed by atoms with Gasteiger partial charge in [0.1, 0.15) is 0 Å². The van der Waals surface area contributed by atoms with E-state index in [1.54, 1.807) is 6.07 Å². The molecule has 0 atom stereocenters. The van der Waals surface area contributed by atoms with Crippen molar-refractivity contribution in [1.82, 2.24) is 0 Å². The van der Waals surface area contributed by atoms with Gasteiger partial charge in [-0.05, 0) is 6.07 Å². The molecule has 18 heavy (non-hydrogen) atoms. The second-order valence-corrected chi connectivity index (χ2v) is 3.59. The molecular weight excluding hydrogens is 240 g/mol. The Labute approximate surface area is 104 Å². The van der Waals surface area contributed by atoms with Crippen LogP contribution in [0.5, 0.6) is 23.0 Å². The molecule has 1 aliphatic rings. The lowest BCUT2D eigenvalue weighted by molar-refractivity contribution is -0.139. The van der Waals surface area contributed by atoms with Gasteiger partial charge in [-0.3, -0.25) is 4.79 Å². The van der Waals surface area contributed by atoms with Gasteiger partial charge in [0.05, 0.1) is 27.8 Å². The van der Waals surface area contributed by atoms with Crippen LogP contribution in [0.3, 0.4) is 0 Å². The molecule has 1 aromatic rings. The van der Waals surface area contributed by atoms with Crippen molar-refractivity contribution in [1.29, 1.82) is 0 Å². The third-order valence-electron chi connectivity index (χ3n) is 2.63. The van der Waals surface area contributed by atoms with Crippen LogP contribution in [-0.2, 0) is 16.0 Å². The number of fused-ring (bicyclic) bond motifs is 1. The Bertz CT molecular complexity index is 468. The Kier molecular flexibility index (Phi) is 3.45. The van der Waals surface area contributed by atoms with Crippen molar-refractivity contribution in [2.45, 2.75) is 6.42 Å². The molecule has 0 saturated heterocycles. The van der Waals surface area contributed by atoms with E-state index < -0.39 is 0 Å². The van der Waals surface area contributed by atoms with Crippen LogP contribution in [0, 0.1) is 0 Å². The lowest BCUT2D eigenvalue weighted by Gasteiger charge is -2.13. The summed E-state index contributed by atoms with van der Waals surface area (Å²) in [5.41, 5.74) is 0.630. The number of hydrogen-bond acceptors (Lipinski definition) is 6. The third kappa shape index (κ3) is 2.01. The topological polar surface area (TPSA) is 63.2 Å². The molecule has 0 bridgehead atoms. The van der Waals surface area contributed by atoms with E-state index in [2.05, 4.69) is 4.74 Å². The fourth-order valence-electron chi connectivity index (χ4n) is 1.80. The van der Waals surface area contributed by atoms with E-state index in [0.717, 1.165) is 0 Å². The van der Waals surface area contributed by atoms with E-state index >= 15 is 0 Å². The summed E-state index contributed by atoms with van der Waals surface area (Å²) in [6.07, 6.45) is 0.0761. The SMILES string of the molecule is COC(=O)Cc1cc(OC)c2c(c1OC)OCO2. The van der Waals surface area contributed by atoms with Crippen LogP contribution in [-0.4, -0.2) is 34.1 Å². The Balaban J connectivity index is 2.48. The largest absolute Gasteiger partial charge is 0.493 e. The molecule has 0 fully saturated rings. The highest BCUT2D eigenvalue weighted by atomic mass is 16.7. The molecule has 0 spiro atoms. The summed E-state index contributed by atoms with van der Waals surface area (Å²) in [4.78, 5) is 11.4. The predicted octanol–water partition coefficient (Wildman–Crippen LogP) is 1.15. The smallest absolute Gasteiger partial charge is 0.310 e. The molecule has 0 aromatic heterocycles. The average Bonchev–Trinajstić information content (AvgIpc) is 2.86. The number of methoxy groups -OCH3 is 3. The highest BCUT2D eigenvalue weighted by Gasteiger charge is 2.27. The fourth-order valence-corrected chi connectivity index (χ4v) is 1.80. The van der Waals surface area contributed by atoms with Gasteiger partial charge in [-0.15, -0.1) is 0 Å². The number of ether oxygens (including phenoxy) is 5. The summed E-state index contributed by atoms with van der Waals surface area (Å²) in [6.45, 7) is 0.101. The van der Waals surface area contributed by atoms with Crippen LogP contribution in [0.4, 0.5) is 0 Å². The lowest BCUT2D eigenvalue weighted by atomic mass is 10.1. The van der Waals surface area contributed by atoms with Gasteiger partial charge in [0.25, 0.3) is 0 Å². The number of esters is 1. The molecule has 6 nitrogen and oxygen atoms in total. The molecule has 0 N–H and O–H groups in total. The summed E-state index contributed by atoms with van der Waals surface area (Å²) in [7, 11) is 4.36. The van der Waals surface area contributed by atoms with Crippen molar-refractivity contribution in [2.75, 3.05) is 28.1 Å². The Morgan fingerprint density at radius 2 is 1.94 bits per heavy atom. The van der Waals surface area contributed by atoms with Gasteiger partial charge in [0.15, 0.2) is 11.5 Å². The maximum absolute atomic E-state index is 11.4. The van der Waals surface area contributed by atoms with Crippen molar-refractivity contribution in [3.63, 3.8) is 0 Å². The first kappa shape index (κ1) is 12.3. The number of carbonyl (C=O) groups excluding carboxylic acids is 1. The van der Waals surface area contributed by atoms with Crippen LogP contribution in [0.2, 0.25) is 0 Å². The first-order valence-corrected chi connectivity index (χ1v) is 5.31. The van der Waals surface area contributed by atoms with E-state index in [4.69, 9.17) is 18.9 Å². The molecule has 1 aliphatic heterocycles. The van der Waals surface area contributed by atoms with Crippen molar-refractivity contribution in [2.24, 2.45) is 0 Å². The van der Waals surface area contributed by atoms with Crippen LogP contribution >= 0.6 is 0 Å². The van der Waals surface area contributed by atoms with Crippen molar-refractivity contribution in [3.8, 4) is 23.0 Å². The van der Waals surface area contributed by atoms with E-state index in [9.17, 15) is 4.79 Å². The number of rotatable bonds is 4. The molecule has 1 aromatic carbocycles. The maximum atomic E-state index is 11.4. The van der Waals surface area contributed by atoms with E-state index in [1.165, 1.54) is 21.3 Å². The van der Waals surface area contributed by atoms with Crippen molar-refractivity contribution in [3.05, 3.63) is 11.6 Å². The third-order valence-corrected chi connectivity index (χ3v) is 2.63. The van der Waals surface area contributed by atoms with Crippen LogP contribution < -0.4 is 18.9 Å². The summed E-state index contributed by atoms with van der Waals surface area (Å²) in [5.74, 6) is 1.55. The minimum Gasteiger partial charge on any atom is -0.493 e. The molecule has 0 saturated carbocycles. The van der Waals surface area contributed by atoms with Gasteiger partial charge in [-0.2, -0.15) is 0 Å². The van der Waals surface area contributed by atoms with Gasteiger partial charge in [0, 0.05) is 5.56 Å². The zero-order chi connectivity index (χ0) is 13.1. The maximum Gasteiger partial charge on any atom is 0.310 e. The molecule has 0 aliphatic carbocycles. The number of carbonyl (C=O) groups is 1. The van der Waals surface area contributed by atoms with Gasteiger partial charge in [-0.1, -0.05) is 0 Å². The lowest BCUT2D eigenvalue weighted by Crippen LogP contribution is -2.06. The predicted molar refractivity (Wildman–Crippen MR) is 61.4 cm³/mol. The first-order chi connectivity index (χ1) is 8.71. The molecule has 0 unspecified atom stereocenters. The minimum atomic E-state index is -0.366. The minimum absolute atomic E-state index is 0.0761. The summed E-state index contributed by atoms with van der Waals surface area (Å²) >= 11 is 0. The molecule has 2 rings (SSSR count). The molecular formula is C12H14O6. The quantitative estimate of drug-likeness (QED) is 0.751. The molecule has 0 amide bonds. The number of hydrogen-bond donors (Lipinski definition) is 0. The van der Waals surface area contributed by atoms with Gasteiger partial charge in [-0.25, -0.2) is 0 Å². The second kappa shape index (κ2) is 5.03. The second-order valence-electron chi connectivity index (χ2n) is 3.59. The summed E-state index contributed by atoms with van der Waals surface area (Å²) in [5, 5.41) is 0. The molecule has 98 valence electrons. The Hall–Kier alpha value is -2.11. The first-order valence-electron chi connectivity index (χ1n) is 5.31. The highest BCUT2D eigenvalue weighted by Crippen LogP contribution is 2.49. The monoisotopic (exact) mass is 254 g/mol. The zero-order valence-corrected chi connectivity index (χ0v) is 10.4. The van der Waals surface area contributed by atoms with E-state index in [-0.39, 0.29) is 19.2 Å². The molecule has 0 radical (unpaired) electrons. The normalized spacial score (nSPS) is 12.2. The molecule has 1 heterocycles. The fraction of sp³-hybridized carbons (Fsp3) is 0.417. The van der Waals surface area contributed by atoms with E-state index in [0.29, 0.717) is 28.6 Å². The standard InChI is InChI=1S/C12H14O6/c1-14-8-4-7(5-9(13)15-2)10(16-3)12-11(8)17-6-18-12/h4H,5-6H2,1-3H3. The number of benzene rings is 1. The Morgan fingerprint density at radius 1 is 1.22 bits per heavy atom. The van der Waals surface area contributed by atoms with E-state index in [1.807, 2.05) is 0 Å². The van der Waals surface area contributed by atoms with Gasteiger partial charge in [0.2, 0.25) is 18.3 Å². The average molecular weight is 254 g/mol. The summed E-state index contributed by atoms with van der Waals surface area (Å²) < 4.78 is 25.7. The van der Waals surface area contributed by atoms with Crippen LogP contribution in [0.25, 0.3) is 0 Å². The van der Waals surface area contributed by atoms with Crippen LogP contribution in [0.1, 0.15) is 5.56 Å². The molecule has 6 heteroatoms. The van der Waals surface area contributed by atoms with Gasteiger partial charge >= 0.3 is 5.97 Å². The van der Waals surface area contributed by atoms with Crippen molar-refractivity contribution < 1.29 is 28.5 Å². The Morgan fingerprint density at radius 3 is 2.56 bits per heavy atom. The van der Waals surface area contributed by atoms with Crippen LogP contribution in [0.15, 0.2) is 6.07 Å². The highest BCUT2D eigenvalue weighted by molar-refractivity contribution is 5.76.